The topological polar surface area (TPSA) is 37.3 Å². The lowest BCUT2D eigenvalue weighted by molar-refractivity contribution is -0.123. The highest BCUT2D eigenvalue weighted by Gasteiger charge is 2.26. The number of benzene rings is 1. The molecule has 0 radical (unpaired) electrons. The van der Waals surface area contributed by atoms with Gasteiger partial charge in [0.25, 0.3) is 0 Å². The van der Waals surface area contributed by atoms with E-state index in [2.05, 4.69) is 0 Å². The second kappa shape index (κ2) is 3.22. The van der Waals surface area contributed by atoms with E-state index in [0.717, 1.165) is 25.1 Å². The van der Waals surface area contributed by atoms with Gasteiger partial charge in [-0.25, -0.2) is 8.78 Å². The summed E-state index contributed by atoms with van der Waals surface area (Å²) in [6.07, 6.45) is 0.158. The lowest BCUT2D eigenvalue weighted by atomic mass is 9.97. The Kier molecular flexibility index (Phi) is 2.43. The maximum atomic E-state index is 13.0. The molecule has 0 aliphatic heterocycles. The van der Waals surface area contributed by atoms with Crippen molar-refractivity contribution in [1.29, 1.82) is 0 Å². The Hall–Kier alpha value is -1.29. The quantitative estimate of drug-likeness (QED) is 0.708. The minimum absolute atomic E-state index is 0.158. The number of carbonyl (C=O) groups is 1. The van der Waals surface area contributed by atoms with E-state index in [0.29, 0.717) is 0 Å². The molecular weight excluding hydrogens is 178 g/mol. The Labute approximate surface area is 73.8 Å². The smallest absolute Gasteiger partial charge is 0.155 e. The Morgan fingerprint density at radius 3 is 2.62 bits per heavy atom. The fourth-order valence-corrected chi connectivity index (χ4v) is 0.949. The molecular formula is C9H8F2O2. The molecule has 1 aromatic carbocycles. The van der Waals surface area contributed by atoms with E-state index in [1.54, 1.807) is 0 Å². The first-order chi connectivity index (χ1) is 5.97. The molecule has 1 rings (SSSR count). The average molecular weight is 186 g/mol. The summed E-state index contributed by atoms with van der Waals surface area (Å²) in [6, 6.07) is 2.58. The lowest BCUT2D eigenvalue weighted by Gasteiger charge is -2.16. The van der Waals surface area contributed by atoms with Gasteiger partial charge in [-0.15, -0.1) is 0 Å². The van der Waals surface area contributed by atoms with Crippen LogP contribution in [0, 0.1) is 11.6 Å². The van der Waals surface area contributed by atoms with Crippen LogP contribution in [0.1, 0.15) is 12.5 Å². The first-order valence-electron chi connectivity index (χ1n) is 3.61. The predicted octanol–water partition coefficient (Wildman–Crippen LogP) is 1.37. The summed E-state index contributed by atoms with van der Waals surface area (Å²) < 4.78 is 25.6. The van der Waals surface area contributed by atoms with Gasteiger partial charge in [0.2, 0.25) is 0 Å². The summed E-state index contributed by atoms with van der Waals surface area (Å²) in [5.41, 5.74) is -2.34. The summed E-state index contributed by atoms with van der Waals surface area (Å²) in [4.78, 5) is 10.4. The Morgan fingerprint density at radius 2 is 2.08 bits per heavy atom. The molecule has 0 saturated carbocycles. The standard InChI is InChI=1S/C9H8F2O2/c1-9(13,5-12)7-4-6(10)2-3-8(7)11/h2-5,13H,1H3. The van der Waals surface area contributed by atoms with Crippen LogP contribution in [0.15, 0.2) is 18.2 Å². The van der Waals surface area contributed by atoms with Crippen LogP contribution in [0.2, 0.25) is 0 Å². The van der Waals surface area contributed by atoms with Crippen molar-refractivity contribution in [2.45, 2.75) is 12.5 Å². The minimum Gasteiger partial charge on any atom is -0.378 e. The van der Waals surface area contributed by atoms with Crippen molar-refractivity contribution in [3.05, 3.63) is 35.4 Å². The maximum absolute atomic E-state index is 13.0. The van der Waals surface area contributed by atoms with E-state index in [1.807, 2.05) is 0 Å². The van der Waals surface area contributed by atoms with E-state index in [4.69, 9.17) is 0 Å². The second-order valence-corrected chi connectivity index (χ2v) is 2.89. The van der Waals surface area contributed by atoms with Crippen LogP contribution in [0.5, 0.6) is 0 Å². The fourth-order valence-electron chi connectivity index (χ4n) is 0.949. The second-order valence-electron chi connectivity index (χ2n) is 2.89. The zero-order chi connectivity index (χ0) is 10.1. The van der Waals surface area contributed by atoms with Gasteiger partial charge in [-0.2, -0.15) is 0 Å². The number of aldehydes is 1. The van der Waals surface area contributed by atoms with Crippen LogP contribution in [-0.4, -0.2) is 11.4 Å². The van der Waals surface area contributed by atoms with Crippen molar-refractivity contribution >= 4 is 6.29 Å². The Bertz CT molecular complexity index is 334. The number of hydrogen-bond donors (Lipinski definition) is 1. The summed E-state index contributed by atoms with van der Waals surface area (Å²) >= 11 is 0. The number of halogens is 2. The highest BCUT2D eigenvalue weighted by molar-refractivity contribution is 5.65. The van der Waals surface area contributed by atoms with Gasteiger partial charge in [0.15, 0.2) is 6.29 Å². The van der Waals surface area contributed by atoms with Gasteiger partial charge in [0, 0.05) is 5.56 Å². The van der Waals surface area contributed by atoms with E-state index < -0.39 is 17.2 Å². The largest absolute Gasteiger partial charge is 0.378 e. The van der Waals surface area contributed by atoms with E-state index in [1.165, 1.54) is 0 Å². The first-order valence-corrected chi connectivity index (χ1v) is 3.61. The van der Waals surface area contributed by atoms with Gasteiger partial charge in [0.05, 0.1) is 0 Å². The Morgan fingerprint density at radius 1 is 1.46 bits per heavy atom. The van der Waals surface area contributed by atoms with Crippen molar-refractivity contribution in [3.8, 4) is 0 Å². The van der Waals surface area contributed by atoms with Gasteiger partial charge in [-0.3, -0.25) is 4.79 Å². The Balaban J connectivity index is 3.28. The number of carbonyl (C=O) groups excluding carboxylic acids is 1. The van der Waals surface area contributed by atoms with Gasteiger partial charge < -0.3 is 5.11 Å². The maximum Gasteiger partial charge on any atom is 0.155 e. The predicted molar refractivity (Wildman–Crippen MR) is 42.0 cm³/mol. The highest BCUT2D eigenvalue weighted by Crippen LogP contribution is 2.21. The molecule has 0 amide bonds. The van der Waals surface area contributed by atoms with E-state index in [9.17, 15) is 18.7 Å². The molecule has 1 unspecified atom stereocenters. The molecule has 0 spiro atoms. The summed E-state index contributed by atoms with van der Waals surface area (Å²) in [6.45, 7) is 1.10. The zero-order valence-corrected chi connectivity index (χ0v) is 6.92. The van der Waals surface area contributed by atoms with E-state index >= 15 is 0 Å². The molecule has 0 aliphatic rings. The average Bonchev–Trinajstić information content (AvgIpc) is 2.09. The van der Waals surface area contributed by atoms with Crippen LogP contribution >= 0.6 is 0 Å². The zero-order valence-electron chi connectivity index (χ0n) is 6.92. The molecule has 0 heterocycles. The molecule has 1 aromatic rings. The third kappa shape index (κ3) is 1.89. The lowest BCUT2D eigenvalue weighted by Crippen LogP contribution is -2.24. The third-order valence-corrected chi connectivity index (χ3v) is 1.70. The number of aliphatic hydroxyl groups is 1. The van der Waals surface area contributed by atoms with Gasteiger partial charge in [0.1, 0.15) is 17.2 Å². The SMILES string of the molecule is CC(O)(C=O)c1cc(F)ccc1F. The summed E-state index contributed by atoms with van der Waals surface area (Å²) in [7, 11) is 0. The molecule has 0 aliphatic carbocycles. The molecule has 0 saturated heterocycles. The molecule has 1 atom stereocenters. The van der Waals surface area contributed by atoms with Gasteiger partial charge in [-0.05, 0) is 25.1 Å². The van der Waals surface area contributed by atoms with Crippen molar-refractivity contribution < 1.29 is 18.7 Å². The van der Waals surface area contributed by atoms with Crippen molar-refractivity contribution in [2.75, 3.05) is 0 Å². The third-order valence-electron chi connectivity index (χ3n) is 1.70. The molecule has 1 N–H and O–H groups in total. The molecule has 13 heavy (non-hydrogen) atoms. The molecule has 2 nitrogen and oxygen atoms in total. The molecule has 0 bridgehead atoms. The van der Waals surface area contributed by atoms with Crippen LogP contribution in [-0.2, 0) is 10.4 Å². The molecule has 0 aromatic heterocycles. The van der Waals surface area contributed by atoms with Crippen LogP contribution in [0.3, 0.4) is 0 Å². The van der Waals surface area contributed by atoms with Gasteiger partial charge in [-0.1, -0.05) is 0 Å². The first kappa shape index (κ1) is 9.80. The minimum atomic E-state index is -1.98. The highest BCUT2D eigenvalue weighted by atomic mass is 19.1. The fraction of sp³-hybridized carbons (Fsp3) is 0.222. The van der Waals surface area contributed by atoms with Gasteiger partial charge >= 0.3 is 0 Å². The van der Waals surface area contributed by atoms with E-state index in [-0.39, 0.29) is 11.8 Å². The van der Waals surface area contributed by atoms with Crippen molar-refractivity contribution in [3.63, 3.8) is 0 Å². The molecule has 0 fully saturated rings. The summed E-state index contributed by atoms with van der Waals surface area (Å²) in [5.74, 6) is -1.50. The monoisotopic (exact) mass is 186 g/mol. The molecule has 70 valence electrons. The van der Waals surface area contributed by atoms with Crippen molar-refractivity contribution in [2.24, 2.45) is 0 Å². The van der Waals surface area contributed by atoms with Crippen LogP contribution < -0.4 is 0 Å². The normalized spacial score (nSPS) is 15.1. The number of rotatable bonds is 2. The molecule has 4 heteroatoms. The summed E-state index contributed by atoms with van der Waals surface area (Å²) in [5, 5.41) is 9.33. The van der Waals surface area contributed by atoms with Crippen molar-refractivity contribution in [1.82, 2.24) is 0 Å². The number of hydrogen-bond acceptors (Lipinski definition) is 2. The van der Waals surface area contributed by atoms with Crippen LogP contribution in [0.4, 0.5) is 8.78 Å². The van der Waals surface area contributed by atoms with Crippen LogP contribution in [0.25, 0.3) is 0 Å².